The molecule has 0 aromatic heterocycles. The van der Waals surface area contributed by atoms with E-state index in [2.05, 4.69) is 15.9 Å². The van der Waals surface area contributed by atoms with E-state index >= 15 is 0 Å². The number of hydrogen-bond donors (Lipinski definition) is 2. The van der Waals surface area contributed by atoms with Gasteiger partial charge in [-0.25, -0.2) is 0 Å². The number of phenolic OH excluding ortho intramolecular Hbond substituents is 1. The van der Waals surface area contributed by atoms with Crippen molar-refractivity contribution in [2.24, 2.45) is 0 Å². The first kappa shape index (κ1) is 17.1. The summed E-state index contributed by atoms with van der Waals surface area (Å²) < 4.78 is 0. The van der Waals surface area contributed by atoms with E-state index in [1.165, 1.54) is 0 Å². The Balaban J connectivity index is 1.89. The SMILES string of the molecule is O=C1c2ccccc2C(=O)c2c1cc1c(c2O)CCC(O)(C(=O)CBr)C1. The van der Waals surface area contributed by atoms with E-state index in [1.807, 2.05) is 0 Å². The molecule has 0 spiro atoms. The van der Waals surface area contributed by atoms with Gasteiger partial charge in [0.1, 0.15) is 11.4 Å². The van der Waals surface area contributed by atoms with E-state index in [9.17, 15) is 24.6 Å². The summed E-state index contributed by atoms with van der Waals surface area (Å²) >= 11 is 3.08. The first-order valence-electron chi connectivity index (χ1n) is 8.25. The lowest BCUT2D eigenvalue weighted by Gasteiger charge is -2.33. The van der Waals surface area contributed by atoms with E-state index < -0.39 is 5.60 Å². The van der Waals surface area contributed by atoms with Gasteiger partial charge in [0, 0.05) is 23.1 Å². The van der Waals surface area contributed by atoms with Crippen LogP contribution in [0.4, 0.5) is 0 Å². The number of carbonyl (C=O) groups excluding carboxylic acids is 3. The lowest BCUT2D eigenvalue weighted by Crippen LogP contribution is -2.44. The minimum Gasteiger partial charge on any atom is -0.507 e. The van der Waals surface area contributed by atoms with Gasteiger partial charge in [-0.1, -0.05) is 40.2 Å². The second-order valence-corrected chi connectivity index (χ2v) is 7.32. The summed E-state index contributed by atoms with van der Waals surface area (Å²) in [6.45, 7) is 0. The van der Waals surface area contributed by atoms with Crippen molar-refractivity contribution in [2.45, 2.75) is 24.9 Å². The summed E-state index contributed by atoms with van der Waals surface area (Å²) in [6, 6.07) is 8.06. The lowest BCUT2D eigenvalue weighted by molar-refractivity contribution is -0.135. The Bertz CT molecular complexity index is 994. The summed E-state index contributed by atoms with van der Waals surface area (Å²) in [5, 5.41) is 21.4. The van der Waals surface area contributed by atoms with Crippen molar-refractivity contribution in [3.05, 3.63) is 63.7 Å². The van der Waals surface area contributed by atoms with Crippen molar-refractivity contribution in [1.29, 1.82) is 0 Å². The van der Waals surface area contributed by atoms with Crippen molar-refractivity contribution >= 4 is 33.3 Å². The molecule has 4 rings (SSSR count). The van der Waals surface area contributed by atoms with Gasteiger partial charge < -0.3 is 10.2 Å². The van der Waals surface area contributed by atoms with Crippen LogP contribution in [0.1, 0.15) is 49.4 Å². The maximum Gasteiger partial charge on any atom is 0.198 e. The Morgan fingerprint density at radius 2 is 1.77 bits per heavy atom. The maximum atomic E-state index is 12.8. The number of hydrogen-bond acceptors (Lipinski definition) is 5. The zero-order valence-corrected chi connectivity index (χ0v) is 15.3. The summed E-state index contributed by atoms with van der Waals surface area (Å²) in [5.74, 6) is -1.27. The van der Waals surface area contributed by atoms with Gasteiger partial charge in [-0.05, 0) is 30.0 Å². The molecule has 1 unspecified atom stereocenters. The van der Waals surface area contributed by atoms with Gasteiger partial charge in [0.05, 0.1) is 10.9 Å². The number of rotatable bonds is 2. The molecule has 132 valence electrons. The quantitative estimate of drug-likeness (QED) is 0.627. The molecule has 0 bridgehead atoms. The Hall–Kier alpha value is -2.31. The molecular formula is C20H15BrO5. The summed E-state index contributed by atoms with van der Waals surface area (Å²) in [6.07, 6.45) is 0.430. The molecule has 2 aliphatic rings. The van der Waals surface area contributed by atoms with Gasteiger partial charge in [0.15, 0.2) is 17.3 Å². The summed E-state index contributed by atoms with van der Waals surface area (Å²) in [4.78, 5) is 37.7. The predicted octanol–water partition coefficient (Wildman–Crippen LogP) is 2.35. The first-order chi connectivity index (χ1) is 12.4. The fourth-order valence-electron chi connectivity index (χ4n) is 3.87. The molecule has 0 radical (unpaired) electrons. The Kier molecular flexibility index (Phi) is 3.86. The summed E-state index contributed by atoms with van der Waals surface area (Å²) in [5.41, 5.74) is 0.247. The second-order valence-electron chi connectivity index (χ2n) is 6.75. The van der Waals surface area contributed by atoms with Gasteiger partial charge in [0.25, 0.3) is 0 Å². The first-order valence-corrected chi connectivity index (χ1v) is 9.37. The third-order valence-electron chi connectivity index (χ3n) is 5.30. The number of halogens is 1. The van der Waals surface area contributed by atoms with Crippen LogP contribution in [0.5, 0.6) is 5.75 Å². The topological polar surface area (TPSA) is 91.7 Å². The molecular weight excluding hydrogens is 400 g/mol. The molecule has 0 amide bonds. The smallest absolute Gasteiger partial charge is 0.198 e. The largest absolute Gasteiger partial charge is 0.507 e. The number of alkyl halides is 1. The van der Waals surface area contributed by atoms with Gasteiger partial charge >= 0.3 is 0 Å². The molecule has 0 saturated heterocycles. The minimum atomic E-state index is -1.53. The number of fused-ring (bicyclic) bond motifs is 3. The molecule has 2 aliphatic carbocycles. The Morgan fingerprint density at radius 3 is 2.42 bits per heavy atom. The molecule has 0 heterocycles. The fourth-order valence-corrected chi connectivity index (χ4v) is 4.39. The number of ketones is 3. The molecule has 0 aliphatic heterocycles. The monoisotopic (exact) mass is 414 g/mol. The third-order valence-corrected chi connectivity index (χ3v) is 5.81. The van der Waals surface area contributed by atoms with Crippen molar-refractivity contribution in [3.8, 4) is 5.75 Å². The highest BCUT2D eigenvalue weighted by molar-refractivity contribution is 9.09. The number of Topliss-reactive ketones (excluding diaryl/α,β-unsaturated/α-hetero) is 1. The van der Waals surface area contributed by atoms with E-state index in [1.54, 1.807) is 30.3 Å². The standard InChI is InChI=1S/C20H15BrO5/c21-9-15(22)20(26)6-5-11-10(8-20)7-14-16(18(11)24)19(25)13-4-2-1-3-12(13)17(14)23/h1-4,7,24,26H,5-6,8-9H2. The van der Waals surface area contributed by atoms with Crippen molar-refractivity contribution in [3.63, 3.8) is 0 Å². The highest BCUT2D eigenvalue weighted by atomic mass is 79.9. The van der Waals surface area contributed by atoms with Crippen molar-refractivity contribution < 1.29 is 24.6 Å². The molecule has 0 fully saturated rings. The van der Waals surface area contributed by atoms with Crippen LogP contribution in [0.15, 0.2) is 30.3 Å². The molecule has 2 N–H and O–H groups in total. The number of aliphatic hydroxyl groups is 1. The van der Waals surface area contributed by atoms with Crippen LogP contribution >= 0.6 is 15.9 Å². The highest BCUT2D eigenvalue weighted by Crippen LogP contribution is 2.41. The van der Waals surface area contributed by atoms with Crippen LogP contribution < -0.4 is 0 Å². The zero-order chi connectivity index (χ0) is 18.6. The van der Waals surface area contributed by atoms with Gasteiger partial charge in [-0.3, -0.25) is 14.4 Å². The molecule has 2 aromatic carbocycles. The van der Waals surface area contributed by atoms with E-state index in [4.69, 9.17) is 0 Å². The molecule has 5 nitrogen and oxygen atoms in total. The second kappa shape index (κ2) is 5.86. The lowest BCUT2D eigenvalue weighted by atomic mass is 9.74. The molecule has 2 aromatic rings. The van der Waals surface area contributed by atoms with Crippen LogP contribution in [-0.2, 0) is 17.6 Å². The van der Waals surface area contributed by atoms with Crippen LogP contribution in [0.2, 0.25) is 0 Å². The van der Waals surface area contributed by atoms with Crippen molar-refractivity contribution in [2.75, 3.05) is 5.33 Å². The Morgan fingerprint density at radius 1 is 1.12 bits per heavy atom. The van der Waals surface area contributed by atoms with E-state index in [-0.39, 0.29) is 64.4 Å². The van der Waals surface area contributed by atoms with Crippen LogP contribution in [0.25, 0.3) is 0 Å². The van der Waals surface area contributed by atoms with Crippen LogP contribution in [-0.4, -0.2) is 38.5 Å². The Labute approximate surface area is 157 Å². The number of phenols is 1. The molecule has 26 heavy (non-hydrogen) atoms. The highest BCUT2D eigenvalue weighted by Gasteiger charge is 2.41. The predicted molar refractivity (Wildman–Crippen MR) is 97.2 cm³/mol. The number of carbonyl (C=O) groups is 3. The zero-order valence-electron chi connectivity index (χ0n) is 13.7. The van der Waals surface area contributed by atoms with Gasteiger partial charge in [-0.2, -0.15) is 0 Å². The van der Waals surface area contributed by atoms with Gasteiger partial charge in [0.2, 0.25) is 0 Å². The number of benzene rings is 2. The van der Waals surface area contributed by atoms with Crippen LogP contribution in [0.3, 0.4) is 0 Å². The third kappa shape index (κ3) is 2.29. The molecule has 6 heteroatoms. The maximum absolute atomic E-state index is 12.8. The van der Waals surface area contributed by atoms with Gasteiger partial charge in [-0.15, -0.1) is 0 Å². The van der Waals surface area contributed by atoms with E-state index in [0.717, 1.165) is 0 Å². The minimum absolute atomic E-state index is 0.0106. The number of aromatic hydroxyl groups is 1. The molecule has 1 atom stereocenters. The van der Waals surface area contributed by atoms with E-state index in [0.29, 0.717) is 16.7 Å². The fraction of sp³-hybridized carbons (Fsp3) is 0.250. The van der Waals surface area contributed by atoms with Crippen molar-refractivity contribution in [1.82, 2.24) is 0 Å². The van der Waals surface area contributed by atoms with Crippen LogP contribution in [0, 0.1) is 0 Å². The molecule has 0 saturated carbocycles. The average molecular weight is 415 g/mol. The normalized spacial score (nSPS) is 21.0. The average Bonchev–Trinajstić information content (AvgIpc) is 2.65. The summed E-state index contributed by atoms with van der Waals surface area (Å²) in [7, 11) is 0.